The fourth-order valence-electron chi connectivity index (χ4n) is 2.32. The number of rotatable bonds is 10. The minimum Gasteiger partial charge on any atom is -0.490 e. The van der Waals surface area contributed by atoms with Gasteiger partial charge in [0.1, 0.15) is 0 Å². The third-order valence-electron chi connectivity index (χ3n) is 3.51. The maximum atomic E-state index is 12.5. The van der Waals surface area contributed by atoms with E-state index in [0.717, 1.165) is 12.0 Å². The van der Waals surface area contributed by atoms with Gasteiger partial charge < -0.3 is 19.5 Å². The van der Waals surface area contributed by atoms with Gasteiger partial charge in [-0.3, -0.25) is 4.79 Å². The average Bonchev–Trinajstić information content (AvgIpc) is 2.66. The third kappa shape index (κ3) is 5.65. The summed E-state index contributed by atoms with van der Waals surface area (Å²) >= 11 is 0. The summed E-state index contributed by atoms with van der Waals surface area (Å²) in [5, 5.41) is 2.90. The van der Waals surface area contributed by atoms with Gasteiger partial charge in [-0.25, -0.2) is 4.98 Å². The minimum atomic E-state index is -0.178. The number of benzene rings is 1. The Bertz CT molecular complexity index is 719. The minimum absolute atomic E-state index is 0.178. The molecule has 1 aromatic carbocycles. The van der Waals surface area contributed by atoms with Gasteiger partial charge in [-0.1, -0.05) is 6.92 Å². The Kier molecular flexibility index (Phi) is 7.74. The molecule has 1 heterocycles. The van der Waals surface area contributed by atoms with E-state index in [2.05, 4.69) is 10.3 Å². The van der Waals surface area contributed by atoms with Crippen LogP contribution < -0.4 is 19.5 Å². The van der Waals surface area contributed by atoms with Crippen molar-refractivity contribution in [1.82, 2.24) is 10.3 Å². The first-order valence-corrected chi connectivity index (χ1v) is 8.93. The molecule has 6 nitrogen and oxygen atoms in total. The van der Waals surface area contributed by atoms with Crippen LogP contribution in [0.15, 0.2) is 36.5 Å². The van der Waals surface area contributed by atoms with Crippen LogP contribution in [0.3, 0.4) is 0 Å². The molecule has 2 aromatic rings. The van der Waals surface area contributed by atoms with Crippen LogP contribution in [0.4, 0.5) is 0 Å². The molecule has 0 atom stereocenters. The quantitative estimate of drug-likeness (QED) is 0.703. The van der Waals surface area contributed by atoms with Crippen LogP contribution in [0, 0.1) is 0 Å². The molecule has 140 valence electrons. The maximum absolute atomic E-state index is 12.5. The molecule has 0 saturated carbocycles. The standard InChI is InChI=1S/C20H26N2O4/c1-4-11-26-17-8-7-16(13-18(17)24-5-2)20(23)22-14-15-9-10-21-19(12-15)25-6-3/h7-10,12-13H,4-6,11,14H2,1-3H3,(H,22,23). The highest BCUT2D eigenvalue weighted by molar-refractivity contribution is 5.94. The number of aromatic nitrogens is 1. The molecule has 26 heavy (non-hydrogen) atoms. The fourth-order valence-corrected chi connectivity index (χ4v) is 2.32. The summed E-state index contributed by atoms with van der Waals surface area (Å²) < 4.78 is 16.6. The van der Waals surface area contributed by atoms with E-state index >= 15 is 0 Å². The highest BCUT2D eigenvalue weighted by Crippen LogP contribution is 2.28. The van der Waals surface area contributed by atoms with E-state index in [1.807, 2.05) is 32.9 Å². The lowest BCUT2D eigenvalue weighted by Crippen LogP contribution is -2.23. The van der Waals surface area contributed by atoms with Crippen LogP contribution >= 0.6 is 0 Å². The van der Waals surface area contributed by atoms with E-state index < -0.39 is 0 Å². The number of ether oxygens (including phenoxy) is 3. The number of nitrogens with zero attached hydrogens (tertiary/aromatic N) is 1. The first kappa shape index (κ1) is 19.6. The van der Waals surface area contributed by atoms with Crippen molar-refractivity contribution < 1.29 is 19.0 Å². The Morgan fingerprint density at radius 1 is 1.00 bits per heavy atom. The van der Waals surface area contributed by atoms with Crippen molar-refractivity contribution in [2.45, 2.75) is 33.7 Å². The lowest BCUT2D eigenvalue weighted by atomic mass is 10.1. The predicted octanol–water partition coefficient (Wildman–Crippen LogP) is 3.60. The van der Waals surface area contributed by atoms with Crippen molar-refractivity contribution in [3.8, 4) is 17.4 Å². The van der Waals surface area contributed by atoms with Crippen molar-refractivity contribution in [2.75, 3.05) is 19.8 Å². The van der Waals surface area contributed by atoms with Crippen molar-refractivity contribution in [3.05, 3.63) is 47.7 Å². The normalized spacial score (nSPS) is 10.3. The summed E-state index contributed by atoms with van der Waals surface area (Å²) in [6.45, 7) is 7.89. The van der Waals surface area contributed by atoms with Gasteiger partial charge in [-0.05, 0) is 50.1 Å². The van der Waals surface area contributed by atoms with Crippen molar-refractivity contribution in [3.63, 3.8) is 0 Å². The zero-order chi connectivity index (χ0) is 18.8. The third-order valence-corrected chi connectivity index (χ3v) is 3.51. The maximum Gasteiger partial charge on any atom is 0.251 e. The summed E-state index contributed by atoms with van der Waals surface area (Å²) in [6.07, 6.45) is 2.57. The van der Waals surface area contributed by atoms with Crippen LogP contribution in [0.25, 0.3) is 0 Å². The molecule has 0 fully saturated rings. The summed E-state index contributed by atoms with van der Waals surface area (Å²) in [7, 11) is 0. The Balaban J connectivity index is 2.04. The summed E-state index contributed by atoms with van der Waals surface area (Å²) in [4.78, 5) is 16.6. The second-order valence-corrected chi connectivity index (χ2v) is 5.56. The molecule has 2 rings (SSSR count). The summed E-state index contributed by atoms with van der Waals surface area (Å²) in [5.41, 5.74) is 1.45. The summed E-state index contributed by atoms with van der Waals surface area (Å²) in [6, 6.07) is 8.88. The van der Waals surface area contributed by atoms with Crippen molar-refractivity contribution >= 4 is 5.91 Å². The molecule has 1 N–H and O–H groups in total. The number of carbonyl (C=O) groups excluding carboxylic acids is 1. The monoisotopic (exact) mass is 358 g/mol. The Labute approximate surface area is 154 Å². The number of hydrogen-bond donors (Lipinski definition) is 1. The molecule has 0 aliphatic carbocycles. The zero-order valence-corrected chi connectivity index (χ0v) is 15.6. The number of nitrogens with one attached hydrogen (secondary N) is 1. The lowest BCUT2D eigenvalue weighted by molar-refractivity contribution is 0.0950. The smallest absolute Gasteiger partial charge is 0.251 e. The molecular weight excluding hydrogens is 332 g/mol. The van der Waals surface area contributed by atoms with E-state index in [1.54, 1.807) is 24.4 Å². The van der Waals surface area contributed by atoms with Crippen LogP contribution in [0.5, 0.6) is 17.4 Å². The predicted molar refractivity (Wildman–Crippen MR) is 100.0 cm³/mol. The van der Waals surface area contributed by atoms with Gasteiger partial charge in [-0.2, -0.15) is 0 Å². The van der Waals surface area contributed by atoms with E-state index in [1.165, 1.54) is 0 Å². The number of hydrogen-bond acceptors (Lipinski definition) is 5. The van der Waals surface area contributed by atoms with E-state index in [-0.39, 0.29) is 5.91 Å². The van der Waals surface area contributed by atoms with Crippen molar-refractivity contribution in [2.24, 2.45) is 0 Å². The first-order valence-electron chi connectivity index (χ1n) is 8.93. The molecule has 0 aliphatic heterocycles. The molecule has 0 aliphatic rings. The van der Waals surface area contributed by atoms with Gasteiger partial charge in [0.05, 0.1) is 19.8 Å². The Morgan fingerprint density at radius 2 is 1.81 bits per heavy atom. The second-order valence-electron chi connectivity index (χ2n) is 5.56. The average molecular weight is 358 g/mol. The van der Waals surface area contributed by atoms with E-state index in [0.29, 0.717) is 49.3 Å². The molecule has 0 bridgehead atoms. The van der Waals surface area contributed by atoms with Crippen LogP contribution in [0.2, 0.25) is 0 Å². The van der Waals surface area contributed by atoms with Gasteiger partial charge in [0.2, 0.25) is 5.88 Å². The number of amides is 1. The van der Waals surface area contributed by atoms with E-state index in [9.17, 15) is 4.79 Å². The van der Waals surface area contributed by atoms with Gasteiger partial charge in [0.25, 0.3) is 5.91 Å². The molecule has 6 heteroatoms. The zero-order valence-electron chi connectivity index (χ0n) is 15.6. The van der Waals surface area contributed by atoms with Gasteiger partial charge in [0, 0.05) is 24.4 Å². The van der Waals surface area contributed by atoms with Crippen LogP contribution in [-0.2, 0) is 6.54 Å². The number of pyridine rings is 1. The van der Waals surface area contributed by atoms with Crippen molar-refractivity contribution in [1.29, 1.82) is 0 Å². The fraction of sp³-hybridized carbons (Fsp3) is 0.400. The highest BCUT2D eigenvalue weighted by atomic mass is 16.5. The van der Waals surface area contributed by atoms with E-state index in [4.69, 9.17) is 14.2 Å². The Morgan fingerprint density at radius 3 is 2.54 bits per heavy atom. The lowest BCUT2D eigenvalue weighted by Gasteiger charge is -2.13. The molecule has 1 amide bonds. The van der Waals surface area contributed by atoms with Gasteiger partial charge in [0.15, 0.2) is 11.5 Å². The second kappa shape index (κ2) is 10.3. The SMILES string of the molecule is CCCOc1ccc(C(=O)NCc2ccnc(OCC)c2)cc1OCC. The van der Waals surface area contributed by atoms with Crippen LogP contribution in [-0.4, -0.2) is 30.7 Å². The Hall–Kier alpha value is -2.76. The largest absolute Gasteiger partial charge is 0.490 e. The topological polar surface area (TPSA) is 69.7 Å². The van der Waals surface area contributed by atoms with Crippen LogP contribution in [0.1, 0.15) is 43.1 Å². The van der Waals surface area contributed by atoms with Gasteiger partial charge in [-0.15, -0.1) is 0 Å². The van der Waals surface area contributed by atoms with Gasteiger partial charge >= 0.3 is 0 Å². The first-order chi connectivity index (χ1) is 12.7. The molecular formula is C20H26N2O4. The molecule has 0 saturated heterocycles. The highest BCUT2D eigenvalue weighted by Gasteiger charge is 2.12. The molecule has 0 unspecified atom stereocenters. The number of carbonyl (C=O) groups is 1. The molecule has 1 aromatic heterocycles. The molecule has 0 radical (unpaired) electrons. The summed E-state index contributed by atoms with van der Waals surface area (Å²) in [5.74, 6) is 1.61. The molecule has 0 spiro atoms.